The summed E-state index contributed by atoms with van der Waals surface area (Å²) in [5, 5.41) is -0.828. The van der Waals surface area contributed by atoms with Gasteiger partial charge in [0.05, 0.1) is 23.5 Å². The van der Waals surface area contributed by atoms with Crippen molar-refractivity contribution in [3.05, 3.63) is 48.2 Å². The number of ether oxygens (including phenoxy) is 1. The molecular formula is C16H18FNO6S2. The molecule has 0 spiro atoms. The zero-order valence-electron chi connectivity index (χ0n) is 14.0. The van der Waals surface area contributed by atoms with Gasteiger partial charge < -0.3 is 9.15 Å². The maximum Gasteiger partial charge on any atom is 0.243 e. The largest absolute Gasteiger partial charge is 0.494 e. The van der Waals surface area contributed by atoms with E-state index in [-0.39, 0.29) is 35.9 Å². The van der Waals surface area contributed by atoms with Crippen LogP contribution in [0.15, 0.2) is 45.9 Å². The van der Waals surface area contributed by atoms with Crippen LogP contribution in [0.4, 0.5) is 4.39 Å². The second-order valence-electron chi connectivity index (χ2n) is 5.96. The predicted molar refractivity (Wildman–Crippen MR) is 91.4 cm³/mol. The summed E-state index contributed by atoms with van der Waals surface area (Å²) in [6, 6.07) is 6.49. The number of sulfone groups is 1. The van der Waals surface area contributed by atoms with Gasteiger partial charge in [0.15, 0.2) is 21.4 Å². The molecular weight excluding hydrogens is 385 g/mol. The molecule has 7 nitrogen and oxygen atoms in total. The first kappa shape index (κ1) is 18.9. The second-order valence-corrected chi connectivity index (χ2v) is 10.2. The van der Waals surface area contributed by atoms with Crippen LogP contribution in [0.1, 0.15) is 12.2 Å². The molecule has 1 aliphatic heterocycles. The number of halogens is 1. The molecule has 1 saturated heterocycles. The number of benzene rings is 1. The van der Waals surface area contributed by atoms with Gasteiger partial charge in [0.1, 0.15) is 11.5 Å². The lowest BCUT2D eigenvalue weighted by molar-refractivity contribution is 0.385. The third-order valence-electron chi connectivity index (χ3n) is 4.30. The highest BCUT2D eigenvalue weighted by Crippen LogP contribution is 2.28. The van der Waals surface area contributed by atoms with E-state index in [9.17, 15) is 21.2 Å². The van der Waals surface area contributed by atoms with Gasteiger partial charge in [-0.15, -0.1) is 0 Å². The third-order valence-corrected chi connectivity index (χ3v) is 8.25. The molecule has 0 saturated carbocycles. The Kier molecular flexibility index (Phi) is 5.09. The highest BCUT2D eigenvalue weighted by Gasteiger charge is 2.39. The van der Waals surface area contributed by atoms with Gasteiger partial charge in [0, 0.05) is 13.1 Å². The number of methoxy groups -OCH3 is 1. The van der Waals surface area contributed by atoms with Crippen LogP contribution in [0.3, 0.4) is 0 Å². The lowest BCUT2D eigenvalue weighted by atomic mass is 10.3. The van der Waals surface area contributed by atoms with Crippen molar-refractivity contribution in [1.29, 1.82) is 0 Å². The quantitative estimate of drug-likeness (QED) is 0.730. The standard InChI is InChI=1S/C16H18FNO6S2/c1-23-16-5-4-13(9-15(16)17)26(21,22)18-7-6-14(10-18)25(19,20)11-12-3-2-8-24-12/h2-5,8-9,14H,6-7,10-11H2,1H3/t14-/m1/s1. The Bertz CT molecular complexity index is 986. The summed E-state index contributed by atoms with van der Waals surface area (Å²) in [4.78, 5) is -0.236. The van der Waals surface area contributed by atoms with Gasteiger partial charge in [-0.3, -0.25) is 0 Å². The molecule has 0 radical (unpaired) electrons. The van der Waals surface area contributed by atoms with Crippen molar-refractivity contribution >= 4 is 19.9 Å². The Labute approximate surface area is 151 Å². The molecule has 2 heterocycles. The number of hydrogen-bond acceptors (Lipinski definition) is 6. The SMILES string of the molecule is COc1ccc(S(=O)(=O)N2CC[C@@H](S(=O)(=O)Cc3ccco3)C2)cc1F. The summed E-state index contributed by atoms with van der Waals surface area (Å²) in [5.74, 6) is -0.835. The van der Waals surface area contributed by atoms with Gasteiger partial charge in [0.2, 0.25) is 10.0 Å². The highest BCUT2D eigenvalue weighted by atomic mass is 32.2. The molecule has 3 rings (SSSR count). The van der Waals surface area contributed by atoms with E-state index < -0.39 is 30.9 Å². The van der Waals surface area contributed by atoms with Crippen LogP contribution >= 0.6 is 0 Å². The molecule has 1 aromatic carbocycles. The minimum atomic E-state index is -3.99. The maximum atomic E-state index is 13.8. The zero-order chi connectivity index (χ0) is 18.9. The molecule has 0 bridgehead atoms. The Morgan fingerprint density at radius 2 is 2.04 bits per heavy atom. The van der Waals surface area contributed by atoms with E-state index in [1.54, 1.807) is 12.1 Å². The molecule has 0 aliphatic carbocycles. The van der Waals surface area contributed by atoms with Crippen LogP contribution in [0.2, 0.25) is 0 Å². The van der Waals surface area contributed by atoms with Gasteiger partial charge in [-0.1, -0.05) is 0 Å². The van der Waals surface area contributed by atoms with E-state index in [1.807, 2.05) is 0 Å². The first-order valence-corrected chi connectivity index (χ1v) is 11.0. The molecule has 10 heteroatoms. The van der Waals surface area contributed by atoms with Crippen LogP contribution in [0.25, 0.3) is 0 Å². The molecule has 1 fully saturated rings. The minimum Gasteiger partial charge on any atom is -0.494 e. The van der Waals surface area contributed by atoms with Gasteiger partial charge in [-0.05, 0) is 36.8 Å². The molecule has 0 amide bonds. The first-order chi connectivity index (χ1) is 12.2. The summed E-state index contributed by atoms with van der Waals surface area (Å²) < 4.78 is 75.1. The van der Waals surface area contributed by atoms with E-state index in [2.05, 4.69) is 0 Å². The average Bonchev–Trinajstić information content (AvgIpc) is 3.26. The van der Waals surface area contributed by atoms with Crippen molar-refractivity contribution in [2.75, 3.05) is 20.2 Å². The Morgan fingerprint density at radius 3 is 2.65 bits per heavy atom. The van der Waals surface area contributed by atoms with E-state index in [0.29, 0.717) is 5.76 Å². The number of rotatable bonds is 6. The van der Waals surface area contributed by atoms with E-state index in [0.717, 1.165) is 10.4 Å². The summed E-state index contributed by atoms with van der Waals surface area (Å²) in [6.07, 6.45) is 1.56. The van der Waals surface area contributed by atoms with Crippen molar-refractivity contribution in [3.63, 3.8) is 0 Å². The molecule has 0 unspecified atom stereocenters. The fraction of sp³-hybridized carbons (Fsp3) is 0.375. The second kappa shape index (κ2) is 7.01. The van der Waals surface area contributed by atoms with E-state index >= 15 is 0 Å². The topological polar surface area (TPSA) is 93.9 Å². The average molecular weight is 403 g/mol. The maximum absolute atomic E-state index is 13.8. The smallest absolute Gasteiger partial charge is 0.243 e. The monoisotopic (exact) mass is 403 g/mol. The summed E-state index contributed by atoms with van der Waals surface area (Å²) in [5.41, 5.74) is 0. The van der Waals surface area contributed by atoms with Crippen molar-refractivity contribution < 1.29 is 30.4 Å². The Hall–Kier alpha value is -1.91. The molecule has 142 valence electrons. The molecule has 1 aliphatic rings. The third kappa shape index (κ3) is 3.62. The fourth-order valence-corrected chi connectivity index (χ4v) is 6.15. The molecule has 26 heavy (non-hydrogen) atoms. The normalized spacial score (nSPS) is 18.9. The zero-order valence-corrected chi connectivity index (χ0v) is 15.6. The van der Waals surface area contributed by atoms with Gasteiger partial charge in [-0.2, -0.15) is 4.31 Å². The molecule has 1 atom stereocenters. The Morgan fingerprint density at radius 1 is 1.27 bits per heavy atom. The van der Waals surface area contributed by atoms with Crippen molar-refractivity contribution in [2.24, 2.45) is 0 Å². The van der Waals surface area contributed by atoms with Gasteiger partial charge >= 0.3 is 0 Å². The van der Waals surface area contributed by atoms with Crippen LogP contribution in [-0.4, -0.2) is 46.6 Å². The van der Waals surface area contributed by atoms with Crippen LogP contribution in [0.5, 0.6) is 5.75 Å². The van der Waals surface area contributed by atoms with Crippen molar-refractivity contribution in [3.8, 4) is 5.75 Å². The molecule has 2 aromatic rings. The molecule has 1 aromatic heterocycles. The van der Waals surface area contributed by atoms with Crippen LogP contribution in [-0.2, 0) is 25.6 Å². The first-order valence-electron chi connectivity index (χ1n) is 7.81. The summed E-state index contributed by atoms with van der Waals surface area (Å²) in [6.45, 7) is -0.114. The van der Waals surface area contributed by atoms with Crippen molar-refractivity contribution in [1.82, 2.24) is 4.31 Å². The van der Waals surface area contributed by atoms with E-state index in [4.69, 9.17) is 9.15 Å². The fourth-order valence-electron chi connectivity index (χ4n) is 2.88. The predicted octanol–water partition coefficient (Wildman–Crippen LogP) is 1.81. The summed E-state index contributed by atoms with van der Waals surface area (Å²) >= 11 is 0. The Balaban J connectivity index is 1.78. The number of sulfonamides is 1. The van der Waals surface area contributed by atoms with Crippen LogP contribution < -0.4 is 4.74 Å². The van der Waals surface area contributed by atoms with E-state index in [1.165, 1.54) is 25.5 Å². The minimum absolute atomic E-state index is 0.0536. The highest BCUT2D eigenvalue weighted by molar-refractivity contribution is 7.91. The molecule has 0 N–H and O–H groups in total. The number of furan rings is 1. The number of hydrogen-bond donors (Lipinski definition) is 0. The van der Waals surface area contributed by atoms with Crippen molar-refractivity contribution in [2.45, 2.75) is 22.3 Å². The van der Waals surface area contributed by atoms with Gasteiger partial charge in [0.25, 0.3) is 0 Å². The lowest BCUT2D eigenvalue weighted by Crippen LogP contribution is -2.32. The number of nitrogens with zero attached hydrogens (tertiary/aromatic N) is 1. The lowest BCUT2D eigenvalue weighted by Gasteiger charge is -2.17. The van der Waals surface area contributed by atoms with Gasteiger partial charge in [-0.25, -0.2) is 21.2 Å². The van der Waals surface area contributed by atoms with Crippen LogP contribution in [0, 0.1) is 5.82 Å². The summed E-state index contributed by atoms with van der Waals surface area (Å²) in [7, 11) is -6.28.